The van der Waals surface area contributed by atoms with Crippen molar-refractivity contribution >= 4 is 40.7 Å². The van der Waals surface area contributed by atoms with E-state index in [2.05, 4.69) is 30.4 Å². The van der Waals surface area contributed by atoms with Crippen LogP contribution in [0.2, 0.25) is 0 Å². The van der Waals surface area contributed by atoms with Crippen LogP contribution in [0.1, 0.15) is 17.5 Å². The fourth-order valence-corrected chi connectivity index (χ4v) is 4.18. The molecule has 1 unspecified atom stereocenters. The molecule has 1 saturated heterocycles. The molecule has 1 N–H and O–H groups in total. The molecule has 33 heavy (non-hydrogen) atoms. The smallest absolute Gasteiger partial charge is 0.308 e. The summed E-state index contributed by atoms with van der Waals surface area (Å²) in [5, 5.41) is 10.3. The van der Waals surface area contributed by atoms with Crippen molar-refractivity contribution in [2.75, 3.05) is 11.4 Å². The molecule has 0 aliphatic carbocycles. The molecule has 162 valence electrons. The van der Waals surface area contributed by atoms with Gasteiger partial charge in [-0.05, 0) is 40.5 Å². The molecule has 5 rings (SSSR count). The summed E-state index contributed by atoms with van der Waals surface area (Å²) < 4.78 is 0. The Bertz CT molecular complexity index is 1360. The SMILES string of the molecule is O=C(O)C1CC(=O)N(c2cc(-c3ccccc3)c3cc(/C=C/c4ccccc4)ccc3n2)C1. The highest BCUT2D eigenvalue weighted by Crippen LogP contribution is 2.34. The maximum Gasteiger partial charge on any atom is 0.308 e. The summed E-state index contributed by atoms with van der Waals surface area (Å²) >= 11 is 0. The van der Waals surface area contributed by atoms with Gasteiger partial charge in [0.1, 0.15) is 5.82 Å². The van der Waals surface area contributed by atoms with E-state index in [1.807, 2.05) is 66.7 Å². The molecular weight excluding hydrogens is 412 g/mol. The predicted molar refractivity (Wildman–Crippen MR) is 131 cm³/mol. The normalized spacial score (nSPS) is 16.1. The number of amides is 1. The highest BCUT2D eigenvalue weighted by molar-refractivity contribution is 6.02. The molecule has 0 bridgehead atoms. The summed E-state index contributed by atoms with van der Waals surface area (Å²) in [6.45, 7) is 0.138. The molecule has 0 saturated carbocycles. The van der Waals surface area contributed by atoms with Crippen LogP contribution in [-0.2, 0) is 9.59 Å². The van der Waals surface area contributed by atoms with Gasteiger partial charge in [-0.3, -0.25) is 14.5 Å². The van der Waals surface area contributed by atoms with E-state index in [9.17, 15) is 14.7 Å². The van der Waals surface area contributed by atoms with Gasteiger partial charge >= 0.3 is 5.97 Å². The van der Waals surface area contributed by atoms with Crippen LogP contribution < -0.4 is 4.90 Å². The summed E-state index contributed by atoms with van der Waals surface area (Å²) in [5.74, 6) is -1.39. The fourth-order valence-electron chi connectivity index (χ4n) is 4.18. The molecule has 5 heteroatoms. The van der Waals surface area contributed by atoms with Crippen molar-refractivity contribution in [3.8, 4) is 11.1 Å². The van der Waals surface area contributed by atoms with Gasteiger partial charge in [-0.15, -0.1) is 0 Å². The van der Waals surface area contributed by atoms with Crippen LogP contribution in [0, 0.1) is 5.92 Å². The van der Waals surface area contributed by atoms with E-state index in [0.29, 0.717) is 5.82 Å². The summed E-state index contributed by atoms with van der Waals surface area (Å²) in [4.78, 5) is 30.2. The Hall–Kier alpha value is -4.25. The number of nitrogens with zero attached hydrogens (tertiary/aromatic N) is 2. The van der Waals surface area contributed by atoms with Crippen molar-refractivity contribution in [2.24, 2.45) is 5.92 Å². The van der Waals surface area contributed by atoms with Crippen LogP contribution in [0.5, 0.6) is 0 Å². The van der Waals surface area contributed by atoms with Gasteiger partial charge in [-0.2, -0.15) is 0 Å². The summed E-state index contributed by atoms with van der Waals surface area (Å²) in [7, 11) is 0. The molecule has 1 aliphatic rings. The Morgan fingerprint density at radius 2 is 1.61 bits per heavy atom. The molecule has 1 atom stereocenters. The number of hydrogen-bond acceptors (Lipinski definition) is 3. The summed E-state index contributed by atoms with van der Waals surface area (Å²) in [5.41, 5.74) is 4.89. The third kappa shape index (κ3) is 4.26. The number of pyridine rings is 1. The minimum atomic E-state index is -0.954. The molecule has 0 radical (unpaired) electrons. The average molecular weight is 434 g/mol. The first-order chi connectivity index (χ1) is 16.1. The van der Waals surface area contributed by atoms with Crippen LogP contribution in [0.4, 0.5) is 5.82 Å². The van der Waals surface area contributed by atoms with Crippen molar-refractivity contribution in [1.29, 1.82) is 0 Å². The largest absolute Gasteiger partial charge is 0.481 e. The van der Waals surface area contributed by atoms with Gasteiger partial charge in [-0.1, -0.05) is 78.9 Å². The Labute approximate surface area is 191 Å². The molecule has 3 aromatic carbocycles. The van der Waals surface area contributed by atoms with E-state index in [4.69, 9.17) is 4.98 Å². The van der Waals surface area contributed by atoms with Gasteiger partial charge in [0.25, 0.3) is 0 Å². The summed E-state index contributed by atoms with van der Waals surface area (Å²) in [6, 6.07) is 28.0. The fraction of sp³-hybridized carbons (Fsp3) is 0.107. The Morgan fingerprint density at radius 3 is 2.30 bits per heavy atom. The Balaban J connectivity index is 1.60. The molecule has 4 aromatic rings. The minimum Gasteiger partial charge on any atom is -0.481 e. The first-order valence-electron chi connectivity index (χ1n) is 10.8. The second-order valence-electron chi connectivity index (χ2n) is 8.16. The van der Waals surface area contributed by atoms with Gasteiger partial charge in [0.15, 0.2) is 0 Å². The van der Waals surface area contributed by atoms with E-state index >= 15 is 0 Å². The monoisotopic (exact) mass is 434 g/mol. The third-order valence-electron chi connectivity index (χ3n) is 5.92. The maximum atomic E-state index is 12.6. The Morgan fingerprint density at radius 1 is 0.909 bits per heavy atom. The zero-order chi connectivity index (χ0) is 22.8. The molecule has 1 amide bonds. The lowest BCUT2D eigenvalue weighted by molar-refractivity contribution is -0.141. The van der Waals surface area contributed by atoms with Crippen LogP contribution in [0.3, 0.4) is 0 Å². The van der Waals surface area contributed by atoms with E-state index in [0.717, 1.165) is 33.2 Å². The lowest BCUT2D eigenvalue weighted by Gasteiger charge is -2.18. The molecule has 1 fully saturated rings. The van der Waals surface area contributed by atoms with E-state index in [1.165, 1.54) is 4.90 Å². The number of carboxylic acids is 1. The quantitative estimate of drug-likeness (QED) is 0.421. The van der Waals surface area contributed by atoms with Gasteiger partial charge in [0.05, 0.1) is 11.4 Å². The second-order valence-corrected chi connectivity index (χ2v) is 8.16. The van der Waals surface area contributed by atoms with Crippen LogP contribution in [0.15, 0.2) is 84.9 Å². The maximum absolute atomic E-state index is 12.6. The number of aromatic nitrogens is 1. The first-order valence-corrected chi connectivity index (χ1v) is 10.8. The average Bonchev–Trinajstić information content (AvgIpc) is 3.25. The molecule has 1 aliphatic heterocycles. The van der Waals surface area contributed by atoms with Gasteiger partial charge in [0.2, 0.25) is 5.91 Å². The Kier molecular flexibility index (Phi) is 5.45. The van der Waals surface area contributed by atoms with Crippen molar-refractivity contribution in [3.63, 3.8) is 0 Å². The zero-order valence-electron chi connectivity index (χ0n) is 17.9. The molecule has 1 aromatic heterocycles. The standard InChI is InChI=1S/C28H22N2O3/c31-27-16-22(28(32)33)18-30(27)26-17-23(21-9-5-2-6-10-21)24-15-20(13-14-25(24)29-26)12-11-19-7-3-1-4-8-19/h1-15,17,22H,16,18H2,(H,32,33)/b12-11+. The topological polar surface area (TPSA) is 70.5 Å². The van der Waals surface area contributed by atoms with Gasteiger partial charge < -0.3 is 5.11 Å². The predicted octanol–water partition coefficient (Wildman–Crippen LogP) is 5.51. The number of hydrogen-bond donors (Lipinski definition) is 1. The number of benzene rings is 3. The van der Waals surface area contributed by atoms with Crippen LogP contribution >= 0.6 is 0 Å². The first kappa shape index (κ1) is 20.6. The number of carbonyl (C=O) groups excluding carboxylic acids is 1. The summed E-state index contributed by atoms with van der Waals surface area (Å²) in [6.07, 6.45) is 4.14. The number of aliphatic carboxylic acids is 1. The van der Waals surface area contributed by atoms with Crippen molar-refractivity contribution in [1.82, 2.24) is 4.98 Å². The minimum absolute atomic E-state index is 0.00105. The van der Waals surface area contributed by atoms with E-state index < -0.39 is 11.9 Å². The van der Waals surface area contributed by atoms with Crippen molar-refractivity contribution < 1.29 is 14.7 Å². The van der Waals surface area contributed by atoms with Gasteiger partial charge in [-0.25, -0.2) is 4.98 Å². The molecule has 2 heterocycles. The zero-order valence-corrected chi connectivity index (χ0v) is 17.9. The van der Waals surface area contributed by atoms with Gasteiger partial charge in [0, 0.05) is 18.4 Å². The third-order valence-corrected chi connectivity index (χ3v) is 5.92. The number of carbonyl (C=O) groups is 2. The highest BCUT2D eigenvalue weighted by atomic mass is 16.4. The van der Waals surface area contributed by atoms with E-state index in [-0.39, 0.29) is 18.9 Å². The number of fused-ring (bicyclic) bond motifs is 1. The number of carboxylic acid groups (broad SMARTS) is 1. The molecular formula is C28H22N2O3. The lowest BCUT2D eigenvalue weighted by atomic mass is 9.99. The molecule has 5 nitrogen and oxygen atoms in total. The lowest BCUT2D eigenvalue weighted by Crippen LogP contribution is -2.26. The highest BCUT2D eigenvalue weighted by Gasteiger charge is 2.36. The van der Waals surface area contributed by atoms with Crippen molar-refractivity contribution in [2.45, 2.75) is 6.42 Å². The van der Waals surface area contributed by atoms with Crippen molar-refractivity contribution in [3.05, 3.63) is 96.1 Å². The number of rotatable bonds is 5. The van der Waals surface area contributed by atoms with Crippen LogP contribution in [-0.4, -0.2) is 28.5 Å². The van der Waals surface area contributed by atoms with E-state index in [1.54, 1.807) is 0 Å². The second kappa shape index (κ2) is 8.71. The van der Waals surface area contributed by atoms with Crippen LogP contribution in [0.25, 0.3) is 34.2 Å². The molecule has 0 spiro atoms. The number of anilines is 1.